The van der Waals surface area contributed by atoms with Gasteiger partial charge in [-0.05, 0) is 18.8 Å². The van der Waals surface area contributed by atoms with Crippen LogP contribution in [0.4, 0.5) is 0 Å². The summed E-state index contributed by atoms with van der Waals surface area (Å²) in [5.74, 6) is 0.329. The van der Waals surface area contributed by atoms with Crippen molar-refractivity contribution in [3.63, 3.8) is 0 Å². The van der Waals surface area contributed by atoms with Gasteiger partial charge >= 0.3 is 0 Å². The maximum absolute atomic E-state index is 11.9. The predicted molar refractivity (Wildman–Crippen MR) is 67.2 cm³/mol. The Morgan fingerprint density at radius 1 is 1.47 bits per heavy atom. The molecule has 0 aliphatic carbocycles. The molecule has 0 aromatic rings. The molecule has 3 N–H and O–H groups in total. The lowest BCUT2D eigenvalue weighted by atomic mass is 9.96. The van der Waals surface area contributed by atoms with Crippen LogP contribution in [0.3, 0.4) is 0 Å². The quantitative estimate of drug-likeness (QED) is 0.724. The summed E-state index contributed by atoms with van der Waals surface area (Å²) in [4.78, 5) is 11.9. The number of carbonyl (C=O) groups is 1. The van der Waals surface area contributed by atoms with Gasteiger partial charge in [-0.2, -0.15) is 0 Å². The number of nitrogens with one attached hydrogen (secondary N) is 1. The molecule has 2 unspecified atom stereocenters. The minimum Gasteiger partial charge on any atom is -0.352 e. The Labute approximate surface area is 103 Å². The molecule has 0 saturated carbocycles. The third-order valence-electron chi connectivity index (χ3n) is 2.99. The van der Waals surface area contributed by atoms with Crippen molar-refractivity contribution >= 4 is 15.7 Å². The normalized spacial score (nSPS) is 24.8. The fraction of sp³-hybridized carbons (Fsp3) is 0.909. The van der Waals surface area contributed by atoms with Crippen molar-refractivity contribution in [2.45, 2.75) is 32.7 Å². The van der Waals surface area contributed by atoms with E-state index in [9.17, 15) is 13.2 Å². The van der Waals surface area contributed by atoms with Crippen molar-refractivity contribution in [1.82, 2.24) is 5.32 Å². The predicted octanol–water partition coefficient (Wildman–Crippen LogP) is -0.0893. The van der Waals surface area contributed by atoms with Gasteiger partial charge in [0.2, 0.25) is 5.91 Å². The standard InChI is InChI=1S/C11H22N2O3S/c1-8(2)5-9(6-12)11(14)13-10-3-4-17(15,16)7-10/h8-10H,3-7,12H2,1-2H3,(H,13,14). The molecule has 0 spiro atoms. The molecule has 1 aliphatic rings. The summed E-state index contributed by atoms with van der Waals surface area (Å²) >= 11 is 0. The first-order valence-electron chi connectivity index (χ1n) is 6.05. The zero-order valence-electron chi connectivity index (χ0n) is 10.5. The summed E-state index contributed by atoms with van der Waals surface area (Å²) in [5, 5.41) is 2.79. The Kier molecular flexibility index (Phi) is 4.94. The maximum atomic E-state index is 11.9. The van der Waals surface area contributed by atoms with Crippen LogP contribution in [0.2, 0.25) is 0 Å². The van der Waals surface area contributed by atoms with Gasteiger partial charge in [0.1, 0.15) is 0 Å². The van der Waals surface area contributed by atoms with Gasteiger partial charge in [-0.25, -0.2) is 8.42 Å². The molecular weight excluding hydrogens is 240 g/mol. The summed E-state index contributed by atoms with van der Waals surface area (Å²) in [5.41, 5.74) is 5.57. The molecule has 0 bridgehead atoms. The highest BCUT2D eigenvalue weighted by Crippen LogP contribution is 2.14. The van der Waals surface area contributed by atoms with Crippen LogP contribution in [0.1, 0.15) is 26.7 Å². The van der Waals surface area contributed by atoms with Crippen LogP contribution in [0.15, 0.2) is 0 Å². The Morgan fingerprint density at radius 2 is 2.12 bits per heavy atom. The topological polar surface area (TPSA) is 89.3 Å². The van der Waals surface area contributed by atoms with E-state index in [0.29, 0.717) is 18.9 Å². The van der Waals surface area contributed by atoms with E-state index in [4.69, 9.17) is 5.73 Å². The molecule has 2 atom stereocenters. The summed E-state index contributed by atoms with van der Waals surface area (Å²) in [7, 11) is -2.94. The second-order valence-electron chi connectivity index (χ2n) is 5.17. The molecule has 5 nitrogen and oxygen atoms in total. The molecule has 100 valence electrons. The highest BCUT2D eigenvalue weighted by atomic mass is 32.2. The van der Waals surface area contributed by atoms with Gasteiger partial charge in [0.05, 0.1) is 17.4 Å². The largest absolute Gasteiger partial charge is 0.352 e. The van der Waals surface area contributed by atoms with Crippen LogP contribution in [0.25, 0.3) is 0 Å². The van der Waals surface area contributed by atoms with E-state index in [1.54, 1.807) is 0 Å². The van der Waals surface area contributed by atoms with Crippen molar-refractivity contribution in [3.8, 4) is 0 Å². The second-order valence-corrected chi connectivity index (χ2v) is 7.40. The van der Waals surface area contributed by atoms with Gasteiger partial charge in [-0.15, -0.1) is 0 Å². The summed E-state index contributed by atoms with van der Waals surface area (Å²) < 4.78 is 22.5. The van der Waals surface area contributed by atoms with Crippen LogP contribution < -0.4 is 11.1 Å². The lowest BCUT2D eigenvalue weighted by Gasteiger charge is -2.19. The van der Waals surface area contributed by atoms with Crippen LogP contribution in [-0.4, -0.2) is 38.4 Å². The van der Waals surface area contributed by atoms with E-state index in [-0.39, 0.29) is 29.4 Å². The zero-order valence-corrected chi connectivity index (χ0v) is 11.3. The van der Waals surface area contributed by atoms with E-state index in [1.807, 2.05) is 13.8 Å². The van der Waals surface area contributed by atoms with Crippen LogP contribution in [0.5, 0.6) is 0 Å². The van der Waals surface area contributed by atoms with E-state index < -0.39 is 9.84 Å². The number of nitrogens with two attached hydrogens (primary N) is 1. The monoisotopic (exact) mass is 262 g/mol. The fourth-order valence-electron chi connectivity index (χ4n) is 2.11. The van der Waals surface area contributed by atoms with Gasteiger partial charge in [0.15, 0.2) is 9.84 Å². The van der Waals surface area contributed by atoms with Crippen molar-refractivity contribution in [2.75, 3.05) is 18.1 Å². The third kappa shape index (κ3) is 4.63. The second kappa shape index (κ2) is 5.82. The van der Waals surface area contributed by atoms with E-state index in [0.717, 1.165) is 6.42 Å². The smallest absolute Gasteiger partial charge is 0.224 e. The lowest BCUT2D eigenvalue weighted by molar-refractivity contribution is -0.125. The summed E-state index contributed by atoms with van der Waals surface area (Å²) in [6.45, 7) is 4.38. The van der Waals surface area contributed by atoms with Gasteiger partial charge in [0.25, 0.3) is 0 Å². The van der Waals surface area contributed by atoms with Crippen LogP contribution in [0, 0.1) is 11.8 Å². The number of amides is 1. The molecule has 1 saturated heterocycles. The maximum Gasteiger partial charge on any atom is 0.224 e. The van der Waals surface area contributed by atoms with E-state index in [2.05, 4.69) is 5.32 Å². The van der Waals surface area contributed by atoms with Gasteiger partial charge < -0.3 is 11.1 Å². The number of hydrogen-bond acceptors (Lipinski definition) is 4. The first-order chi connectivity index (χ1) is 7.84. The Bertz CT molecular complexity index is 365. The van der Waals surface area contributed by atoms with Crippen molar-refractivity contribution in [3.05, 3.63) is 0 Å². The van der Waals surface area contributed by atoms with Crippen molar-refractivity contribution in [2.24, 2.45) is 17.6 Å². The minimum absolute atomic E-state index is 0.0672. The molecule has 6 heteroatoms. The molecule has 1 aliphatic heterocycles. The Morgan fingerprint density at radius 3 is 2.53 bits per heavy atom. The molecule has 1 amide bonds. The first-order valence-corrected chi connectivity index (χ1v) is 7.87. The van der Waals surface area contributed by atoms with E-state index >= 15 is 0 Å². The number of rotatable bonds is 5. The third-order valence-corrected chi connectivity index (χ3v) is 4.76. The molecule has 0 aromatic carbocycles. The average molecular weight is 262 g/mol. The van der Waals surface area contributed by atoms with Crippen molar-refractivity contribution in [1.29, 1.82) is 0 Å². The van der Waals surface area contributed by atoms with Crippen molar-refractivity contribution < 1.29 is 13.2 Å². The molecular formula is C11H22N2O3S. The average Bonchev–Trinajstić information content (AvgIpc) is 2.54. The van der Waals surface area contributed by atoms with Crippen LogP contribution in [-0.2, 0) is 14.6 Å². The molecule has 1 heterocycles. The molecule has 1 rings (SSSR count). The highest BCUT2D eigenvalue weighted by molar-refractivity contribution is 7.91. The summed E-state index contributed by atoms with van der Waals surface area (Å²) in [6.07, 6.45) is 1.26. The minimum atomic E-state index is -2.94. The fourth-order valence-corrected chi connectivity index (χ4v) is 3.78. The molecule has 17 heavy (non-hydrogen) atoms. The lowest BCUT2D eigenvalue weighted by Crippen LogP contribution is -2.42. The van der Waals surface area contributed by atoms with Crippen LogP contribution >= 0.6 is 0 Å². The Hall–Kier alpha value is -0.620. The van der Waals surface area contributed by atoms with E-state index in [1.165, 1.54) is 0 Å². The number of carbonyl (C=O) groups excluding carboxylic acids is 1. The van der Waals surface area contributed by atoms with Gasteiger partial charge in [-0.1, -0.05) is 13.8 Å². The number of hydrogen-bond donors (Lipinski definition) is 2. The van der Waals surface area contributed by atoms with Gasteiger partial charge in [-0.3, -0.25) is 4.79 Å². The highest BCUT2D eigenvalue weighted by Gasteiger charge is 2.30. The molecule has 1 fully saturated rings. The SMILES string of the molecule is CC(C)CC(CN)C(=O)NC1CCS(=O)(=O)C1. The molecule has 0 aromatic heterocycles. The molecule has 0 radical (unpaired) electrons. The Balaban J connectivity index is 2.48. The first kappa shape index (κ1) is 14.4. The number of sulfone groups is 1. The summed E-state index contributed by atoms with van der Waals surface area (Å²) in [6, 6.07) is -0.228. The zero-order chi connectivity index (χ0) is 13.1. The van der Waals surface area contributed by atoms with Gasteiger partial charge in [0, 0.05) is 12.6 Å².